The van der Waals surface area contributed by atoms with Crippen molar-refractivity contribution < 1.29 is 0 Å². The molecule has 5 heteroatoms. The van der Waals surface area contributed by atoms with E-state index in [0.29, 0.717) is 17.8 Å². The lowest BCUT2D eigenvalue weighted by molar-refractivity contribution is 0.606. The Labute approximate surface area is 182 Å². The Kier molecular flexibility index (Phi) is 4.59. The Morgan fingerprint density at radius 3 is 2.55 bits per heavy atom. The molecule has 0 aliphatic heterocycles. The number of nitriles is 1. The zero-order valence-corrected chi connectivity index (χ0v) is 18.1. The van der Waals surface area contributed by atoms with Crippen LogP contribution in [0.5, 0.6) is 0 Å². The predicted octanol–water partition coefficient (Wildman–Crippen LogP) is 5.87. The molecule has 2 unspecified atom stereocenters. The van der Waals surface area contributed by atoms with Gasteiger partial charge in [0.15, 0.2) is 0 Å². The maximum absolute atomic E-state index is 9.37. The lowest BCUT2D eigenvalue weighted by Crippen LogP contribution is -2.12. The quantitative estimate of drug-likeness (QED) is 0.585. The van der Waals surface area contributed by atoms with Crippen LogP contribution in [0.25, 0.3) is 11.0 Å². The van der Waals surface area contributed by atoms with Crippen LogP contribution in [0.3, 0.4) is 0 Å². The number of hydrogen-bond acceptors (Lipinski definition) is 5. The predicted molar refractivity (Wildman–Crippen MR) is 123 cm³/mol. The topological polar surface area (TPSA) is 74.5 Å². The Bertz CT molecular complexity index is 1260. The lowest BCUT2D eigenvalue weighted by atomic mass is 9.78. The average molecular weight is 408 g/mol. The summed E-state index contributed by atoms with van der Waals surface area (Å²) < 4.78 is 0. The van der Waals surface area contributed by atoms with Gasteiger partial charge in [-0.15, -0.1) is 10.2 Å². The minimum atomic E-state index is -0.270. The molecule has 0 amide bonds. The van der Waals surface area contributed by atoms with E-state index in [-0.39, 0.29) is 5.41 Å². The third kappa shape index (κ3) is 3.48. The number of anilines is 2. The van der Waals surface area contributed by atoms with Crippen LogP contribution in [-0.2, 0) is 5.41 Å². The first-order chi connectivity index (χ1) is 15.0. The summed E-state index contributed by atoms with van der Waals surface area (Å²) >= 11 is 0. The number of benzene rings is 2. The van der Waals surface area contributed by atoms with Gasteiger partial charge in [-0.25, -0.2) is 4.98 Å². The number of aromatic nitrogens is 3. The van der Waals surface area contributed by atoms with E-state index in [9.17, 15) is 5.26 Å². The summed E-state index contributed by atoms with van der Waals surface area (Å²) in [6, 6.07) is 14.8. The van der Waals surface area contributed by atoms with E-state index in [1.807, 2.05) is 24.3 Å². The standard InChI is InChI=1S/C26H25N5/c1-16-5-4-6-17(2)23(16)19-13-18(3)24-22(14-19)30-31-25(29-24)28-21-9-7-20(8-10-21)26(15-27)11-12-26/h4-10,13-14,16,23H,11-12H2,1-3H3,(H,28,29,31). The summed E-state index contributed by atoms with van der Waals surface area (Å²) in [5.41, 5.74) is 7.09. The van der Waals surface area contributed by atoms with Crippen LogP contribution in [0.1, 0.15) is 49.3 Å². The monoisotopic (exact) mass is 407 g/mol. The summed E-state index contributed by atoms with van der Waals surface area (Å²) in [7, 11) is 0. The summed E-state index contributed by atoms with van der Waals surface area (Å²) in [5, 5.41) is 21.4. The van der Waals surface area contributed by atoms with Gasteiger partial charge in [0.2, 0.25) is 5.95 Å². The summed E-state index contributed by atoms with van der Waals surface area (Å²) in [6.07, 6.45) is 8.47. The summed E-state index contributed by atoms with van der Waals surface area (Å²) in [5.74, 6) is 1.28. The highest BCUT2D eigenvalue weighted by molar-refractivity contribution is 5.80. The fraction of sp³-hybridized carbons (Fsp3) is 0.308. The molecule has 2 aliphatic rings. The Balaban J connectivity index is 1.42. The molecule has 1 heterocycles. The van der Waals surface area contributed by atoms with Gasteiger partial charge in [0.1, 0.15) is 5.52 Å². The van der Waals surface area contributed by atoms with Crippen molar-refractivity contribution in [2.75, 3.05) is 5.32 Å². The van der Waals surface area contributed by atoms with E-state index in [2.05, 4.69) is 72.7 Å². The molecular formula is C26H25N5. The molecule has 5 nitrogen and oxygen atoms in total. The molecule has 2 aromatic carbocycles. The SMILES string of the molecule is CC1=CC=CC(C)C1c1cc(C)c2nc(Nc3ccc(C4(C#N)CC4)cc3)nnc2c1. The second kappa shape index (κ2) is 7.31. The van der Waals surface area contributed by atoms with E-state index in [1.54, 1.807) is 0 Å². The van der Waals surface area contributed by atoms with Crippen molar-refractivity contribution in [2.24, 2.45) is 5.92 Å². The Morgan fingerprint density at radius 1 is 1.10 bits per heavy atom. The largest absolute Gasteiger partial charge is 0.323 e. The molecule has 0 spiro atoms. The first kappa shape index (κ1) is 19.4. The highest BCUT2D eigenvalue weighted by atomic mass is 15.2. The fourth-order valence-corrected chi connectivity index (χ4v) is 4.64. The van der Waals surface area contributed by atoms with Crippen molar-refractivity contribution in [3.05, 3.63) is 76.9 Å². The van der Waals surface area contributed by atoms with Gasteiger partial charge < -0.3 is 5.32 Å². The Morgan fingerprint density at radius 2 is 1.87 bits per heavy atom. The molecule has 1 fully saturated rings. The number of rotatable bonds is 4. The van der Waals surface area contributed by atoms with Crippen molar-refractivity contribution in [2.45, 2.75) is 44.9 Å². The van der Waals surface area contributed by atoms with Crippen LogP contribution in [0.4, 0.5) is 11.6 Å². The van der Waals surface area contributed by atoms with Crippen LogP contribution in [0.2, 0.25) is 0 Å². The zero-order valence-electron chi connectivity index (χ0n) is 18.1. The summed E-state index contributed by atoms with van der Waals surface area (Å²) in [4.78, 5) is 4.73. The smallest absolute Gasteiger partial charge is 0.247 e. The molecule has 31 heavy (non-hydrogen) atoms. The van der Waals surface area contributed by atoms with Gasteiger partial charge in [-0.2, -0.15) is 5.26 Å². The molecule has 0 bridgehead atoms. The van der Waals surface area contributed by atoms with E-state index < -0.39 is 0 Å². The van der Waals surface area contributed by atoms with Gasteiger partial charge >= 0.3 is 0 Å². The zero-order chi connectivity index (χ0) is 21.6. The number of allylic oxidation sites excluding steroid dienone is 4. The average Bonchev–Trinajstić information content (AvgIpc) is 3.56. The molecule has 0 saturated heterocycles. The van der Waals surface area contributed by atoms with E-state index >= 15 is 0 Å². The normalized spacial score (nSPS) is 21.4. The number of nitrogens with zero attached hydrogens (tertiary/aromatic N) is 4. The molecule has 2 atom stereocenters. The van der Waals surface area contributed by atoms with Crippen molar-refractivity contribution >= 4 is 22.7 Å². The van der Waals surface area contributed by atoms with Gasteiger partial charge in [-0.05, 0) is 67.5 Å². The van der Waals surface area contributed by atoms with Gasteiger partial charge in [-0.3, -0.25) is 0 Å². The van der Waals surface area contributed by atoms with Crippen LogP contribution >= 0.6 is 0 Å². The molecule has 1 N–H and O–H groups in total. The highest BCUT2D eigenvalue weighted by Gasteiger charge is 2.44. The number of nitrogens with one attached hydrogen (secondary N) is 1. The highest BCUT2D eigenvalue weighted by Crippen LogP contribution is 2.47. The molecule has 2 aliphatic carbocycles. The third-order valence-corrected chi connectivity index (χ3v) is 6.58. The van der Waals surface area contributed by atoms with Crippen LogP contribution in [-0.4, -0.2) is 15.2 Å². The molecule has 0 radical (unpaired) electrons. The Hall–Kier alpha value is -3.52. The van der Waals surface area contributed by atoms with Gasteiger partial charge in [0.25, 0.3) is 0 Å². The van der Waals surface area contributed by atoms with E-state index in [4.69, 9.17) is 4.98 Å². The fourth-order valence-electron chi connectivity index (χ4n) is 4.64. The van der Waals surface area contributed by atoms with Crippen molar-refractivity contribution in [3.8, 4) is 6.07 Å². The third-order valence-electron chi connectivity index (χ3n) is 6.58. The lowest BCUT2D eigenvalue weighted by Gasteiger charge is -2.26. The number of fused-ring (bicyclic) bond motifs is 1. The molecule has 5 rings (SSSR count). The molecule has 154 valence electrons. The van der Waals surface area contributed by atoms with Crippen LogP contribution in [0.15, 0.2) is 60.2 Å². The maximum Gasteiger partial charge on any atom is 0.247 e. The second-order valence-corrected chi connectivity index (χ2v) is 8.87. The van der Waals surface area contributed by atoms with Gasteiger partial charge in [-0.1, -0.05) is 48.9 Å². The van der Waals surface area contributed by atoms with Gasteiger partial charge in [0, 0.05) is 11.6 Å². The number of hydrogen-bond donors (Lipinski definition) is 1. The van der Waals surface area contributed by atoms with Gasteiger partial charge in [0.05, 0.1) is 17.0 Å². The summed E-state index contributed by atoms with van der Waals surface area (Å²) in [6.45, 7) is 6.52. The molecule has 3 aromatic rings. The first-order valence-electron chi connectivity index (χ1n) is 10.8. The number of aryl methyl sites for hydroxylation is 1. The van der Waals surface area contributed by atoms with Crippen molar-refractivity contribution in [1.29, 1.82) is 5.26 Å². The molecule has 1 aromatic heterocycles. The van der Waals surface area contributed by atoms with Crippen LogP contribution in [0, 0.1) is 24.2 Å². The minimum Gasteiger partial charge on any atom is -0.323 e. The van der Waals surface area contributed by atoms with Crippen molar-refractivity contribution in [1.82, 2.24) is 15.2 Å². The maximum atomic E-state index is 9.37. The van der Waals surface area contributed by atoms with Crippen molar-refractivity contribution in [3.63, 3.8) is 0 Å². The molecule has 1 saturated carbocycles. The van der Waals surface area contributed by atoms with Crippen LogP contribution < -0.4 is 5.32 Å². The van der Waals surface area contributed by atoms with E-state index in [0.717, 1.165) is 40.7 Å². The second-order valence-electron chi connectivity index (χ2n) is 8.87. The first-order valence-corrected chi connectivity index (χ1v) is 10.8. The molecular weight excluding hydrogens is 382 g/mol. The minimum absolute atomic E-state index is 0.270. The van der Waals surface area contributed by atoms with E-state index in [1.165, 1.54) is 11.1 Å².